The first kappa shape index (κ1) is 19.1. The topological polar surface area (TPSA) is 0 Å². The predicted octanol–water partition coefficient (Wildman–Crippen LogP) is 5.97. The number of benzene rings is 2. The van der Waals surface area contributed by atoms with E-state index in [2.05, 4.69) is 95.3 Å². The Kier molecular flexibility index (Phi) is 6.94. The molecular formula is C22H22HfSi. The molecule has 0 nitrogen and oxygen atoms in total. The van der Waals surface area contributed by atoms with Crippen LogP contribution in [-0.2, 0) is 23.0 Å². The molecule has 0 saturated heterocycles. The fraction of sp³-hybridized carbons (Fsp3) is 0.182. The fourth-order valence-electron chi connectivity index (χ4n) is 3.08. The molecule has 0 saturated carbocycles. The number of hydrogen-bond donors (Lipinski definition) is 0. The van der Waals surface area contributed by atoms with E-state index in [1.807, 2.05) is 0 Å². The van der Waals surface area contributed by atoms with Crippen molar-refractivity contribution in [2.45, 2.75) is 27.7 Å². The van der Waals surface area contributed by atoms with Gasteiger partial charge in [-0.15, -0.1) is 69.1 Å². The third kappa shape index (κ3) is 4.43. The maximum atomic E-state index is 3.11. The monoisotopic (exact) mass is 494 g/mol. The van der Waals surface area contributed by atoms with Gasteiger partial charge in [-0.2, -0.15) is 12.1 Å². The van der Waals surface area contributed by atoms with Gasteiger partial charge in [0.2, 0.25) is 0 Å². The molecule has 0 spiro atoms. The summed E-state index contributed by atoms with van der Waals surface area (Å²) in [4.78, 5) is 0. The molecule has 0 aliphatic rings. The second-order valence-electron chi connectivity index (χ2n) is 6.22. The first-order chi connectivity index (χ1) is 11.5. The van der Waals surface area contributed by atoms with Crippen LogP contribution in [0.5, 0.6) is 0 Å². The minimum absolute atomic E-state index is 1.11. The second kappa shape index (κ2) is 8.73. The summed E-state index contributed by atoms with van der Waals surface area (Å²) in [6.07, 6.45) is 0. The molecule has 0 aliphatic carbocycles. The molecule has 0 bridgehead atoms. The van der Waals surface area contributed by atoms with Crippen LogP contribution >= 0.6 is 0 Å². The van der Waals surface area contributed by atoms with Crippen LogP contribution in [0.3, 0.4) is 0 Å². The summed E-state index contributed by atoms with van der Waals surface area (Å²) < 4.78 is 0. The SMILES string of the molecule is Cc1cc2c(C)cccc2[cH-]1.Cc1cc2c(C)cccc2[cH-]1.[Si]=[Hf+2]. The molecule has 0 amide bonds. The first-order valence-electron chi connectivity index (χ1n) is 8.05. The molecule has 118 valence electrons. The summed E-state index contributed by atoms with van der Waals surface area (Å²) in [5, 5.41) is 5.51. The van der Waals surface area contributed by atoms with Crippen LogP contribution in [0.4, 0.5) is 0 Å². The van der Waals surface area contributed by atoms with Crippen LogP contribution in [-0.4, -0.2) is 6.94 Å². The molecule has 4 aromatic carbocycles. The zero-order valence-electron chi connectivity index (χ0n) is 14.8. The van der Waals surface area contributed by atoms with Gasteiger partial charge in [-0.3, -0.25) is 0 Å². The third-order valence-corrected chi connectivity index (χ3v) is 4.23. The summed E-state index contributed by atoms with van der Waals surface area (Å²) in [5.74, 6) is 0. The van der Waals surface area contributed by atoms with E-state index in [1.165, 1.54) is 43.8 Å². The van der Waals surface area contributed by atoms with Crippen molar-refractivity contribution in [1.29, 1.82) is 0 Å². The summed E-state index contributed by atoms with van der Waals surface area (Å²) in [7, 11) is 0. The van der Waals surface area contributed by atoms with E-state index in [0.29, 0.717) is 0 Å². The Morgan fingerprint density at radius 2 is 1.04 bits per heavy atom. The summed E-state index contributed by atoms with van der Waals surface area (Å²) in [6, 6.07) is 21.8. The Labute approximate surface area is 161 Å². The molecule has 0 heterocycles. The molecule has 0 fully saturated rings. The van der Waals surface area contributed by atoms with E-state index in [1.54, 1.807) is 0 Å². The van der Waals surface area contributed by atoms with Crippen molar-refractivity contribution in [3.05, 3.63) is 82.9 Å². The zero-order valence-corrected chi connectivity index (χ0v) is 19.4. The van der Waals surface area contributed by atoms with Gasteiger partial charge in [-0.05, 0) is 13.8 Å². The molecular weight excluding hydrogens is 471 g/mol. The Morgan fingerprint density at radius 1 is 0.667 bits per heavy atom. The molecule has 24 heavy (non-hydrogen) atoms. The van der Waals surface area contributed by atoms with Crippen molar-refractivity contribution < 1.29 is 23.0 Å². The van der Waals surface area contributed by atoms with Crippen molar-refractivity contribution in [2.75, 3.05) is 0 Å². The van der Waals surface area contributed by atoms with Gasteiger partial charge in [-0.25, -0.2) is 0 Å². The number of hydrogen-bond acceptors (Lipinski definition) is 0. The molecule has 0 aromatic heterocycles. The van der Waals surface area contributed by atoms with E-state index in [0.717, 1.165) is 23.0 Å². The Balaban J connectivity index is 0.000000158. The zero-order chi connectivity index (χ0) is 17.7. The van der Waals surface area contributed by atoms with E-state index in [4.69, 9.17) is 0 Å². The van der Waals surface area contributed by atoms with Crippen molar-refractivity contribution in [2.24, 2.45) is 0 Å². The summed E-state index contributed by atoms with van der Waals surface area (Å²) in [6.45, 7) is 11.7. The minimum atomic E-state index is 1.11. The maximum absolute atomic E-state index is 3.11. The van der Waals surface area contributed by atoms with Crippen LogP contribution in [0, 0.1) is 27.7 Å². The molecule has 0 unspecified atom stereocenters. The van der Waals surface area contributed by atoms with E-state index >= 15 is 0 Å². The molecule has 0 N–H and O–H groups in total. The van der Waals surface area contributed by atoms with E-state index in [-0.39, 0.29) is 0 Å². The van der Waals surface area contributed by atoms with Crippen molar-refractivity contribution in [1.82, 2.24) is 0 Å². The molecule has 4 aromatic rings. The van der Waals surface area contributed by atoms with Crippen LogP contribution in [0.15, 0.2) is 60.7 Å². The Hall–Kier alpha value is -1.25. The molecule has 0 aliphatic heterocycles. The van der Waals surface area contributed by atoms with Crippen molar-refractivity contribution in [3.8, 4) is 0 Å². The standard InChI is InChI=1S/2C11H11.Hf.Si/c2*1-8-6-10-5-3-4-9(2)11(10)7-8;;/h2*3-7H,1-2H3;;/q2*-1;+2;. The van der Waals surface area contributed by atoms with Gasteiger partial charge in [0.25, 0.3) is 0 Å². The fourth-order valence-corrected chi connectivity index (χ4v) is 3.08. The van der Waals surface area contributed by atoms with Gasteiger partial charge >= 0.3 is 29.9 Å². The van der Waals surface area contributed by atoms with Gasteiger partial charge < -0.3 is 0 Å². The van der Waals surface area contributed by atoms with Crippen LogP contribution < -0.4 is 0 Å². The molecule has 4 rings (SSSR count). The van der Waals surface area contributed by atoms with Crippen LogP contribution in [0.25, 0.3) is 21.5 Å². The Bertz CT molecular complexity index is 865. The first-order valence-corrected chi connectivity index (χ1v) is 13.9. The predicted molar refractivity (Wildman–Crippen MR) is 104 cm³/mol. The van der Waals surface area contributed by atoms with Gasteiger partial charge in [0.1, 0.15) is 0 Å². The molecule has 2 heteroatoms. The normalized spacial score (nSPS) is 10.1. The summed E-state index contributed by atoms with van der Waals surface area (Å²) >= 11 is 1.11. The molecule has 2 radical (unpaired) electrons. The average Bonchev–Trinajstić information content (AvgIpc) is 3.13. The van der Waals surface area contributed by atoms with Gasteiger partial charge in [-0.1, -0.05) is 37.1 Å². The number of aryl methyl sites for hydroxylation is 4. The number of fused-ring (bicyclic) bond motifs is 2. The second-order valence-corrected chi connectivity index (χ2v) is 6.22. The Morgan fingerprint density at radius 3 is 1.38 bits per heavy atom. The third-order valence-electron chi connectivity index (χ3n) is 4.23. The number of rotatable bonds is 0. The van der Waals surface area contributed by atoms with Gasteiger partial charge in [0.05, 0.1) is 0 Å². The van der Waals surface area contributed by atoms with Crippen molar-refractivity contribution in [3.63, 3.8) is 0 Å². The summed E-state index contributed by atoms with van der Waals surface area (Å²) in [5.41, 5.74) is 5.45. The average molecular weight is 493 g/mol. The van der Waals surface area contributed by atoms with E-state index in [9.17, 15) is 0 Å². The van der Waals surface area contributed by atoms with E-state index < -0.39 is 0 Å². The quantitative estimate of drug-likeness (QED) is 0.210. The van der Waals surface area contributed by atoms with Gasteiger partial charge in [0, 0.05) is 0 Å². The van der Waals surface area contributed by atoms with Crippen LogP contribution in [0.1, 0.15) is 22.3 Å². The van der Waals surface area contributed by atoms with Crippen molar-refractivity contribution >= 4 is 28.5 Å². The molecule has 0 atom stereocenters. The van der Waals surface area contributed by atoms with Crippen LogP contribution in [0.2, 0.25) is 0 Å². The van der Waals surface area contributed by atoms with Gasteiger partial charge in [0.15, 0.2) is 0 Å².